The predicted molar refractivity (Wildman–Crippen MR) is 69.5 cm³/mol. The van der Waals surface area contributed by atoms with E-state index in [2.05, 4.69) is 46.8 Å². The van der Waals surface area contributed by atoms with E-state index in [9.17, 15) is 0 Å². The summed E-state index contributed by atoms with van der Waals surface area (Å²) in [7, 11) is 0. The molecule has 0 saturated heterocycles. The molecular weight excluding hydrogens is 246 g/mol. The highest BCUT2D eigenvalue weighted by Crippen LogP contribution is 2.09. The molecule has 0 unspecified atom stereocenters. The van der Waals surface area contributed by atoms with Crippen molar-refractivity contribution in [3.63, 3.8) is 0 Å². The van der Waals surface area contributed by atoms with Crippen molar-refractivity contribution in [1.29, 1.82) is 0 Å². The third-order valence-corrected chi connectivity index (χ3v) is 2.33. The first kappa shape index (κ1) is 13.5. The summed E-state index contributed by atoms with van der Waals surface area (Å²) in [5, 5.41) is 18.0. The average molecular weight is 265 g/mol. The number of nitrogens with one attached hydrogen (secondary N) is 2. The Bertz CT molecular complexity index is 526. The zero-order chi connectivity index (χ0) is 13.9. The van der Waals surface area contributed by atoms with Crippen LogP contribution >= 0.6 is 0 Å². The molecule has 0 aromatic carbocycles. The van der Waals surface area contributed by atoms with Crippen molar-refractivity contribution >= 4 is 6.01 Å². The monoisotopic (exact) mass is 265 g/mol. The minimum Gasteiger partial charge on any atom is -0.407 e. The number of hydrogen-bond donors (Lipinski definition) is 2. The standard InChI is InChI=1S/C12H19N5O2/c1-8-5-9(17-19-8)6-13-11-16-15-10(18-11)7-14-12(2,3)4/h5,14H,6-7H2,1-4H3,(H,13,16). The van der Waals surface area contributed by atoms with Crippen molar-refractivity contribution in [2.24, 2.45) is 0 Å². The molecule has 2 heterocycles. The minimum absolute atomic E-state index is 0.0142. The highest BCUT2D eigenvalue weighted by molar-refractivity contribution is 5.19. The van der Waals surface area contributed by atoms with Crippen LogP contribution in [-0.4, -0.2) is 20.9 Å². The van der Waals surface area contributed by atoms with Crippen LogP contribution < -0.4 is 10.6 Å². The molecule has 2 rings (SSSR count). The minimum atomic E-state index is 0.0142. The van der Waals surface area contributed by atoms with E-state index in [1.54, 1.807) is 0 Å². The lowest BCUT2D eigenvalue weighted by Gasteiger charge is -2.18. The van der Waals surface area contributed by atoms with E-state index in [1.165, 1.54) is 0 Å². The molecule has 0 atom stereocenters. The Labute approximate surface area is 111 Å². The zero-order valence-corrected chi connectivity index (χ0v) is 11.6. The molecule has 7 heteroatoms. The van der Waals surface area contributed by atoms with Gasteiger partial charge in [-0.15, -0.1) is 5.10 Å². The number of aromatic nitrogens is 3. The third-order valence-electron chi connectivity index (χ3n) is 2.33. The first-order chi connectivity index (χ1) is 8.92. The van der Waals surface area contributed by atoms with Crippen molar-refractivity contribution < 1.29 is 8.94 Å². The second-order valence-electron chi connectivity index (χ2n) is 5.39. The highest BCUT2D eigenvalue weighted by Gasteiger charge is 2.12. The SMILES string of the molecule is Cc1cc(CNc2nnc(CNC(C)(C)C)o2)no1. The van der Waals surface area contributed by atoms with Gasteiger partial charge in [0.15, 0.2) is 0 Å². The van der Waals surface area contributed by atoms with E-state index in [0.717, 1.165) is 11.5 Å². The van der Waals surface area contributed by atoms with Gasteiger partial charge < -0.3 is 19.6 Å². The molecular formula is C12H19N5O2. The summed E-state index contributed by atoms with van der Waals surface area (Å²) in [5.74, 6) is 1.33. The Kier molecular flexibility index (Phi) is 3.84. The molecule has 2 aromatic heterocycles. The Morgan fingerprint density at radius 3 is 2.63 bits per heavy atom. The topological polar surface area (TPSA) is 89.0 Å². The molecule has 104 valence electrons. The third kappa shape index (κ3) is 4.36. The molecule has 0 radical (unpaired) electrons. The van der Waals surface area contributed by atoms with Gasteiger partial charge in [-0.25, -0.2) is 0 Å². The van der Waals surface area contributed by atoms with Gasteiger partial charge in [0, 0.05) is 11.6 Å². The van der Waals surface area contributed by atoms with Crippen LogP contribution in [0.1, 0.15) is 38.1 Å². The van der Waals surface area contributed by atoms with Crippen molar-refractivity contribution in [2.75, 3.05) is 5.32 Å². The molecule has 0 aliphatic rings. The van der Waals surface area contributed by atoms with E-state index < -0.39 is 0 Å². The number of hydrogen-bond acceptors (Lipinski definition) is 7. The smallest absolute Gasteiger partial charge is 0.315 e. The van der Waals surface area contributed by atoms with Gasteiger partial charge in [-0.2, -0.15) is 0 Å². The average Bonchev–Trinajstić information content (AvgIpc) is 2.92. The lowest BCUT2D eigenvalue weighted by molar-refractivity contribution is 0.382. The zero-order valence-electron chi connectivity index (χ0n) is 11.6. The van der Waals surface area contributed by atoms with Gasteiger partial charge in [0.2, 0.25) is 5.89 Å². The van der Waals surface area contributed by atoms with Crippen LogP contribution in [0, 0.1) is 6.92 Å². The lowest BCUT2D eigenvalue weighted by Crippen LogP contribution is -2.35. The number of nitrogens with zero attached hydrogens (tertiary/aromatic N) is 3. The summed E-state index contributed by atoms with van der Waals surface area (Å²) in [6, 6.07) is 2.23. The van der Waals surface area contributed by atoms with Gasteiger partial charge in [0.05, 0.1) is 13.1 Å². The van der Waals surface area contributed by atoms with Crippen LogP contribution in [0.3, 0.4) is 0 Å². The molecule has 0 aliphatic heterocycles. The normalized spacial score (nSPS) is 11.8. The molecule has 0 amide bonds. The maximum absolute atomic E-state index is 5.45. The summed E-state index contributed by atoms with van der Waals surface area (Å²) >= 11 is 0. The number of rotatable bonds is 5. The van der Waals surface area contributed by atoms with E-state index in [4.69, 9.17) is 8.94 Å². The molecule has 0 saturated carbocycles. The van der Waals surface area contributed by atoms with Crippen molar-refractivity contribution in [1.82, 2.24) is 20.7 Å². The molecule has 0 fully saturated rings. The first-order valence-electron chi connectivity index (χ1n) is 6.16. The van der Waals surface area contributed by atoms with E-state index in [-0.39, 0.29) is 5.54 Å². The maximum Gasteiger partial charge on any atom is 0.315 e. The van der Waals surface area contributed by atoms with Gasteiger partial charge >= 0.3 is 6.01 Å². The van der Waals surface area contributed by atoms with Gasteiger partial charge in [0.25, 0.3) is 0 Å². The predicted octanol–water partition coefficient (Wildman–Crippen LogP) is 1.87. The Morgan fingerprint density at radius 2 is 2.00 bits per heavy atom. The molecule has 2 N–H and O–H groups in total. The van der Waals surface area contributed by atoms with Crippen LogP contribution in [0.15, 0.2) is 15.0 Å². The van der Waals surface area contributed by atoms with Gasteiger partial charge in [-0.1, -0.05) is 10.3 Å². The van der Waals surface area contributed by atoms with Gasteiger partial charge in [-0.05, 0) is 27.7 Å². The van der Waals surface area contributed by atoms with Gasteiger partial charge in [0.1, 0.15) is 11.5 Å². The fraction of sp³-hybridized carbons (Fsp3) is 0.583. The largest absolute Gasteiger partial charge is 0.407 e. The first-order valence-corrected chi connectivity index (χ1v) is 6.16. The highest BCUT2D eigenvalue weighted by atomic mass is 16.5. The molecule has 0 bridgehead atoms. The van der Waals surface area contributed by atoms with E-state index >= 15 is 0 Å². The number of anilines is 1. The van der Waals surface area contributed by atoms with Crippen LogP contribution in [0.25, 0.3) is 0 Å². The van der Waals surface area contributed by atoms with Crippen molar-refractivity contribution in [3.05, 3.63) is 23.4 Å². The summed E-state index contributed by atoms with van der Waals surface area (Å²) in [6.07, 6.45) is 0. The molecule has 19 heavy (non-hydrogen) atoms. The summed E-state index contributed by atoms with van der Waals surface area (Å²) in [4.78, 5) is 0. The summed E-state index contributed by atoms with van der Waals surface area (Å²) in [6.45, 7) is 9.12. The van der Waals surface area contributed by atoms with Gasteiger partial charge in [-0.3, -0.25) is 0 Å². The van der Waals surface area contributed by atoms with Crippen LogP contribution in [0.5, 0.6) is 0 Å². The van der Waals surface area contributed by atoms with Crippen molar-refractivity contribution in [2.45, 2.75) is 46.3 Å². The molecule has 2 aromatic rings. The second-order valence-corrected chi connectivity index (χ2v) is 5.39. The van der Waals surface area contributed by atoms with E-state index in [0.29, 0.717) is 25.0 Å². The van der Waals surface area contributed by atoms with E-state index in [1.807, 2.05) is 13.0 Å². The fourth-order valence-corrected chi connectivity index (χ4v) is 1.40. The molecule has 7 nitrogen and oxygen atoms in total. The van der Waals surface area contributed by atoms with Crippen LogP contribution in [-0.2, 0) is 13.1 Å². The Hall–Kier alpha value is -1.89. The summed E-state index contributed by atoms with van der Waals surface area (Å²) in [5.41, 5.74) is 0.811. The fourth-order valence-electron chi connectivity index (χ4n) is 1.40. The second kappa shape index (κ2) is 5.40. The Morgan fingerprint density at radius 1 is 1.21 bits per heavy atom. The summed E-state index contributed by atoms with van der Waals surface area (Å²) < 4.78 is 10.4. The van der Waals surface area contributed by atoms with Crippen molar-refractivity contribution in [3.8, 4) is 0 Å². The van der Waals surface area contributed by atoms with Crippen LogP contribution in [0.2, 0.25) is 0 Å². The Balaban J connectivity index is 1.84. The molecule has 0 aliphatic carbocycles. The quantitative estimate of drug-likeness (QED) is 0.852. The lowest BCUT2D eigenvalue weighted by atomic mass is 10.1. The van der Waals surface area contributed by atoms with Crippen LogP contribution in [0.4, 0.5) is 6.01 Å². The number of aryl methyl sites for hydroxylation is 1. The molecule has 0 spiro atoms. The maximum atomic E-state index is 5.45.